The Hall–Kier alpha value is -1.15. The molecule has 2 nitrogen and oxygen atoms in total. The molecule has 0 aliphatic carbocycles. The number of aromatic nitrogens is 1. The Labute approximate surface area is 153 Å². The van der Waals surface area contributed by atoms with E-state index in [9.17, 15) is 0 Å². The number of likely N-dealkylation sites (N-methyl/N-ethyl adjacent to an activating group) is 1. The molecular formula is C22H44N2. The van der Waals surface area contributed by atoms with Gasteiger partial charge in [0.2, 0.25) is 0 Å². The largest absolute Gasteiger partial charge is 0.313 e. The first-order chi connectivity index (χ1) is 11.6. The van der Waals surface area contributed by atoms with E-state index in [2.05, 4.69) is 52.1 Å². The zero-order valence-corrected chi connectivity index (χ0v) is 18.4. The summed E-state index contributed by atoms with van der Waals surface area (Å²) in [7, 11) is 0. The van der Waals surface area contributed by atoms with Gasteiger partial charge in [-0.1, -0.05) is 67.9 Å². The fourth-order valence-electron chi connectivity index (χ4n) is 2.10. The molecule has 142 valence electrons. The molecule has 0 radical (unpaired) electrons. The quantitative estimate of drug-likeness (QED) is 0.622. The molecule has 0 aliphatic heterocycles. The average Bonchev–Trinajstić information content (AvgIpc) is 2.65. The molecule has 0 spiro atoms. The van der Waals surface area contributed by atoms with E-state index in [1.807, 2.05) is 41.5 Å². The SMILES string of the molecule is C/C=C(\CNCC)c1cc(CCC)c(C)c(C)n1.CC.CC.CC. The minimum atomic E-state index is 0.897. The van der Waals surface area contributed by atoms with Crippen molar-refractivity contribution in [1.29, 1.82) is 0 Å². The molecule has 1 rings (SSSR count). The summed E-state index contributed by atoms with van der Waals surface area (Å²) in [4.78, 5) is 4.73. The number of aryl methyl sites for hydroxylation is 2. The molecule has 1 aromatic rings. The van der Waals surface area contributed by atoms with Gasteiger partial charge in [-0.3, -0.25) is 4.98 Å². The minimum absolute atomic E-state index is 0.897. The minimum Gasteiger partial charge on any atom is -0.313 e. The van der Waals surface area contributed by atoms with Crippen LogP contribution in [0.1, 0.15) is 91.2 Å². The highest BCUT2D eigenvalue weighted by molar-refractivity contribution is 5.65. The highest BCUT2D eigenvalue weighted by Crippen LogP contribution is 2.19. The molecule has 0 fully saturated rings. The van der Waals surface area contributed by atoms with Crippen molar-refractivity contribution >= 4 is 5.57 Å². The van der Waals surface area contributed by atoms with Crippen LogP contribution in [0.25, 0.3) is 5.57 Å². The van der Waals surface area contributed by atoms with Crippen molar-refractivity contribution in [3.8, 4) is 0 Å². The van der Waals surface area contributed by atoms with E-state index in [-0.39, 0.29) is 0 Å². The third-order valence-corrected chi connectivity index (χ3v) is 3.39. The maximum absolute atomic E-state index is 4.73. The molecule has 1 heterocycles. The van der Waals surface area contributed by atoms with Gasteiger partial charge in [-0.05, 0) is 56.5 Å². The van der Waals surface area contributed by atoms with Gasteiger partial charge in [-0.25, -0.2) is 0 Å². The monoisotopic (exact) mass is 336 g/mol. The number of nitrogens with zero attached hydrogens (tertiary/aromatic N) is 1. The first-order valence-electron chi connectivity index (χ1n) is 9.97. The smallest absolute Gasteiger partial charge is 0.0677 e. The second kappa shape index (κ2) is 19.9. The fourth-order valence-corrected chi connectivity index (χ4v) is 2.10. The number of hydrogen-bond acceptors (Lipinski definition) is 2. The third kappa shape index (κ3) is 10.6. The maximum Gasteiger partial charge on any atom is 0.0677 e. The Morgan fingerprint density at radius 2 is 1.58 bits per heavy atom. The normalized spacial score (nSPS) is 9.71. The molecule has 0 bridgehead atoms. The standard InChI is InChI=1S/C16H26N2.3C2H6/c1-6-9-15-10-16(18-13(5)12(15)4)14(7-2)11-17-8-3;3*1-2/h7,10,17H,6,8-9,11H2,1-5H3;3*1-2H3/b14-7+;;;. The van der Waals surface area contributed by atoms with Gasteiger partial charge in [0.15, 0.2) is 0 Å². The van der Waals surface area contributed by atoms with Crippen LogP contribution in [0.2, 0.25) is 0 Å². The van der Waals surface area contributed by atoms with Gasteiger partial charge in [-0.15, -0.1) is 0 Å². The molecule has 0 aromatic carbocycles. The van der Waals surface area contributed by atoms with Crippen LogP contribution in [0, 0.1) is 13.8 Å². The Balaban J connectivity index is -0.000000659. The van der Waals surface area contributed by atoms with Crippen molar-refractivity contribution in [2.24, 2.45) is 0 Å². The van der Waals surface area contributed by atoms with Crippen LogP contribution in [-0.4, -0.2) is 18.1 Å². The molecule has 2 heteroatoms. The van der Waals surface area contributed by atoms with E-state index in [1.165, 1.54) is 23.1 Å². The molecular weight excluding hydrogens is 292 g/mol. The van der Waals surface area contributed by atoms with Crippen LogP contribution >= 0.6 is 0 Å². The van der Waals surface area contributed by atoms with Crippen molar-refractivity contribution in [2.45, 2.75) is 89.0 Å². The summed E-state index contributed by atoms with van der Waals surface area (Å²) >= 11 is 0. The number of pyridine rings is 1. The molecule has 0 amide bonds. The lowest BCUT2D eigenvalue weighted by atomic mass is 10.00. The summed E-state index contributed by atoms with van der Waals surface area (Å²) in [5.41, 5.74) is 6.37. The summed E-state index contributed by atoms with van der Waals surface area (Å²) < 4.78 is 0. The van der Waals surface area contributed by atoms with Crippen LogP contribution in [0.15, 0.2) is 12.1 Å². The second-order valence-electron chi connectivity index (χ2n) is 4.72. The maximum atomic E-state index is 4.73. The van der Waals surface area contributed by atoms with E-state index in [0.717, 1.165) is 30.9 Å². The van der Waals surface area contributed by atoms with Crippen LogP contribution in [0.3, 0.4) is 0 Å². The fraction of sp³-hybridized carbons (Fsp3) is 0.682. The van der Waals surface area contributed by atoms with Crippen molar-refractivity contribution in [3.63, 3.8) is 0 Å². The summed E-state index contributed by atoms with van der Waals surface area (Å²) in [6, 6.07) is 2.26. The van der Waals surface area contributed by atoms with E-state index in [0.29, 0.717) is 0 Å². The molecule has 1 aromatic heterocycles. The van der Waals surface area contributed by atoms with Crippen molar-refractivity contribution in [3.05, 3.63) is 34.7 Å². The second-order valence-corrected chi connectivity index (χ2v) is 4.72. The Bertz CT molecular complexity index is 420. The molecule has 0 saturated heterocycles. The zero-order chi connectivity index (χ0) is 19.5. The van der Waals surface area contributed by atoms with E-state index >= 15 is 0 Å². The van der Waals surface area contributed by atoms with Gasteiger partial charge in [-0.2, -0.15) is 0 Å². The number of hydrogen-bond donors (Lipinski definition) is 1. The molecule has 0 aliphatic rings. The lowest BCUT2D eigenvalue weighted by Crippen LogP contribution is -2.16. The van der Waals surface area contributed by atoms with Gasteiger partial charge >= 0.3 is 0 Å². The molecule has 0 unspecified atom stereocenters. The van der Waals surface area contributed by atoms with Gasteiger partial charge in [0.05, 0.1) is 5.69 Å². The van der Waals surface area contributed by atoms with Gasteiger partial charge < -0.3 is 5.32 Å². The van der Waals surface area contributed by atoms with Crippen LogP contribution in [0.5, 0.6) is 0 Å². The van der Waals surface area contributed by atoms with E-state index in [1.54, 1.807) is 0 Å². The summed E-state index contributed by atoms with van der Waals surface area (Å²) in [5, 5.41) is 3.38. The average molecular weight is 337 g/mol. The Kier molecular flexibility index (Phi) is 23.0. The summed E-state index contributed by atoms with van der Waals surface area (Å²) in [6.45, 7) is 24.6. The van der Waals surface area contributed by atoms with Gasteiger partial charge in [0.25, 0.3) is 0 Å². The Morgan fingerprint density at radius 1 is 1.04 bits per heavy atom. The Morgan fingerprint density at radius 3 is 2.00 bits per heavy atom. The number of rotatable bonds is 6. The van der Waals surface area contributed by atoms with Crippen LogP contribution < -0.4 is 5.32 Å². The van der Waals surface area contributed by atoms with Gasteiger partial charge in [0, 0.05) is 12.2 Å². The van der Waals surface area contributed by atoms with E-state index < -0.39 is 0 Å². The van der Waals surface area contributed by atoms with E-state index in [4.69, 9.17) is 4.98 Å². The highest BCUT2D eigenvalue weighted by atomic mass is 14.8. The van der Waals surface area contributed by atoms with Gasteiger partial charge in [0.1, 0.15) is 0 Å². The first kappa shape index (κ1) is 27.7. The first-order valence-corrected chi connectivity index (χ1v) is 9.97. The lowest BCUT2D eigenvalue weighted by Gasteiger charge is -2.13. The van der Waals surface area contributed by atoms with Crippen molar-refractivity contribution < 1.29 is 0 Å². The lowest BCUT2D eigenvalue weighted by molar-refractivity contribution is 0.804. The van der Waals surface area contributed by atoms with Crippen molar-refractivity contribution in [2.75, 3.05) is 13.1 Å². The predicted molar refractivity (Wildman–Crippen MR) is 114 cm³/mol. The van der Waals surface area contributed by atoms with Crippen molar-refractivity contribution in [1.82, 2.24) is 10.3 Å². The molecule has 24 heavy (non-hydrogen) atoms. The number of allylic oxidation sites excluding steroid dienone is 1. The molecule has 0 atom stereocenters. The topological polar surface area (TPSA) is 24.9 Å². The summed E-state index contributed by atoms with van der Waals surface area (Å²) in [5.74, 6) is 0. The number of nitrogens with one attached hydrogen (secondary N) is 1. The van der Waals surface area contributed by atoms with Crippen LogP contribution in [-0.2, 0) is 6.42 Å². The highest BCUT2D eigenvalue weighted by Gasteiger charge is 2.08. The van der Waals surface area contributed by atoms with Crippen LogP contribution in [0.4, 0.5) is 0 Å². The molecule has 0 saturated carbocycles. The predicted octanol–water partition coefficient (Wildman–Crippen LogP) is 6.74. The summed E-state index contributed by atoms with van der Waals surface area (Å²) in [6.07, 6.45) is 4.48. The molecule has 1 N–H and O–H groups in total. The zero-order valence-electron chi connectivity index (χ0n) is 18.4. The third-order valence-electron chi connectivity index (χ3n) is 3.39.